The number of amides is 3. The van der Waals surface area contributed by atoms with Crippen molar-refractivity contribution in [2.75, 3.05) is 44.3 Å². The number of anilines is 1. The van der Waals surface area contributed by atoms with E-state index in [2.05, 4.69) is 26.8 Å². The first-order chi connectivity index (χ1) is 18.5. The van der Waals surface area contributed by atoms with Crippen LogP contribution < -0.4 is 15.8 Å². The van der Waals surface area contributed by atoms with E-state index in [1.165, 1.54) is 0 Å². The molecule has 5 heterocycles. The van der Waals surface area contributed by atoms with Gasteiger partial charge in [0.15, 0.2) is 0 Å². The number of nitrogens with one attached hydrogen (secondary N) is 2. The van der Waals surface area contributed by atoms with Crippen LogP contribution in [0.25, 0.3) is 0 Å². The van der Waals surface area contributed by atoms with Gasteiger partial charge in [-0.1, -0.05) is 22.0 Å². The molecule has 1 aromatic rings. The Morgan fingerprint density at radius 1 is 1.08 bits per heavy atom. The molecule has 3 amide bonds. The molecule has 4 saturated heterocycles. The highest BCUT2D eigenvalue weighted by Gasteiger charge is 2.55. The number of benzene rings is 1. The number of morpholine rings is 1. The SMILES string of the molecule is O=C(C1CCC2NNCC2C1)N1CCC2(CC1)C(=O)N(CC(=O)N1C3CCC1COC3)c1cccc(Br)c12. The smallest absolute Gasteiger partial charge is 0.243 e. The zero-order valence-electron chi connectivity index (χ0n) is 21.7. The molecular formula is C28H36BrN5O4. The van der Waals surface area contributed by atoms with Crippen molar-refractivity contribution in [1.82, 2.24) is 20.7 Å². The standard InChI is InChI=1S/C28H36BrN5O4/c29-21-2-1-3-23-25(21)28(27(37)33(23)14-24(35)34-19-5-6-20(34)16-38-15-19)8-10-32(11-9-28)26(36)17-4-7-22-18(12-17)13-30-31-22/h1-3,17-20,22,30-31H,4-16H2. The Kier molecular flexibility index (Phi) is 6.29. The fourth-order valence-corrected chi connectivity index (χ4v) is 8.89. The third-order valence-corrected chi connectivity index (χ3v) is 10.8. The van der Waals surface area contributed by atoms with Crippen LogP contribution in [0.2, 0.25) is 0 Å². The number of carbonyl (C=O) groups is 3. The predicted octanol–water partition coefficient (Wildman–Crippen LogP) is 1.94. The van der Waals surface area contributed by atoms with Crippen LogP contribution in [0.1, 0.15) is 50.5 Å². The molecule has 2 N–H and O–H groups in total. The molecule has 9 nitrogen and oxygen atoms in total. The lowest BCUT2D eigenvalue weighted by Gasteiger charge is -2.41. The van der Waals surface area contributed by atoms with Crippen molar-refractivity contribution in [2.45, 2.75) is 68.5 Å². The molecule has 1 spiro atoms. The first kappa shape index (κ1) is 25.0. The molecule has 2 bridgehead atoms. The second kappa shape index (κ2) is 9.57. The van der Waals surface area contributed by atoms with Crippen LogP contribution in [0.4, 0.5) is 5.69 Å². The van der Waals surface area contributed by atoms with Crippen molar-refractivity contribution in [3.05, 3.63) is 28.2 Å². The summed E-state index contributed by atoms with van der Waals surface area (Å²) in [5.74, 6) is 0.849. The quantitative estimate of drug-likeness (QED) is 0.563. The van der Waals surface area contributed by atoms with Crippen molar-refractivity contribution in [1.29, 1.82) is 0 Å². The maximum atomic E-state index is 14.2. The summed E-state index contributed by atoms with van der Waals surface area (Å²) in [7, 11) is 0. The van der Waals surface area contributed by atoms with Gasteiger partial charge in [0.05, 0.1) is 30.7 Å². The third-order valence-electron chi connectivity index (χ3n) is 10.1. The van der Waals surface area contributed by atoms with Gasteiger partial charge < -0.3 is 19.4 Å². The first-order valence-corrected chi connectivity index (χ1v) is 15.0. The Hall–Kier alpha value is -2.01. The number of fused-ring (bicyclic) bond motifs is 5. The second-order valence-corrected chi connectivity index (χ2v) is 12.9. The van der Waals surface area contributed by atoms with Gasteiger partial charge in [-0.2, -0.15) is 0 Å². The summed E-state index contributed by atoms with van der Waals surface area (Å²) in [5, 5.41) is 0. The summed E-state index contributed by atoms with van der Waals surface area (Å²) < 4.78 is 6.57. The Morgan fingerprint density at radius 2 is 1.84 bits per heavy atom. The second-order valence-electron chi connectivity index (χ2n) is 12.1. The first-order valence-electron chi connectivity index (χ1n) is 14.2. The lowest BCUT2D eigenvalue weighted by atomic mass is 9.73. The molecular weight excluding hydrogens is 550 g/mol. The molecule has 5 unspecified atom stereocenters. The highest BCUT2D eigenvalue weighted by atomic mass is 79.9. The molecule has 10 heteroatoms. The van der Waals surface area contributed by atoms with Crippen molar-refractivity contribution >= 4 is 39.3 Å². The van der Waals surface area contributed by atoms with Crippen molar-refractivity contribution in [3.8, 4) is 0 Å². The summed E-state index contributed by atoms with van der Waals surface area (Å²) in [5.41, 5.74) is 7.70. The van der Waals surface area contributed by atoms with Gasteiger partial charge in [-0.15, -0.1) is 0 Å². The molecule has 6 aliphatic rings. The maximum absolute atomic E-state index is 14.2. The van der Waals surface area contributed by atoms with Crippen LogP contribution in [0.3, 0.4) is 0 Å². The minimum absolute atomic E-state index is 0.00377. The van der Waals surface area contributed by atoms with E-state index >= 15 is 0 Å². The summed E-state index contributed by atoms with van der Waals surface area (Å²) in [6.07, 6.45) is 5.98. The number of nitrogens with zero attached hydrogens (tertiary/aromatic N) is 3. The number of halogens is 1. The van der Waals surface area contributed by atoms with E-state index in [-0.39, 0.29) is 42.3 Å². The Balaban J connectivity index is 1.09. The number of hydrogen-bond acceptors (Lipinski definition) is 6. The monoisotopic (exact) mass is 585 g/mol. The van der Waals surface area contributed by atoms with Gasteiger partial charge in [0.2, 0.25) is 17.7 Å². The zero-order valence-corrected chi connectivity index (χ0v) is 23.2. The normalized spacial score (nSPS) is 33.6. The summed E-state index contributed by atoms with van der Waals surface area (Å²) in [6, 6.07) is 6.61. The van der Waals surface area contributed by atoms with E-state index < -0.39 is 5.41 Å². The highest BCUT2D eigenvalue weighted by molar-refractivity contribution is 9.10. The molecule has 7 rings (SSSR count). The third kappa shape index (κ3) is 3.85. The van der Waals surface area contributed by atoms with E-state index in [4.69, 9.17) is 4.74 Å². The van der Waals surface area contributed by atoms with Gasteiger partial charge in [0.1, 0.15) is 6.54 Å². The summed E-state index contributed by atoms with van der Waals surface area (Å²) >= 11 is 3.73. The number of hydrogen-bond donors (Lipinski definition) is 2. The van der Waals surface area contributed by atoms with Crippen LogP contribution in [-0.2, 0) is 24.5 Å². The van der Waals surface area contributed by atoms with Crippen LogP contribution in [0.5, 0.6) is 0 Å². The number of likely N-dealkylation sites (tertiary alicyclic amines) is 1. The van der Waals surface area contributed by atoms with Gasteiger partial charge in [0, 0.05) is 47.3 Å². The zero-order chi connectivity index (χ0) is 26.0. The molecule has 5 fully saturated rings. The van der Waals surface area contributed by atoms with E-state index in [1.807, 2.05) is 28.0 Å². The van der Waals surface area contributed by atoms with Crippen LogP contribution >= 0.6 is 15.9 Å². The van der Waals surface area contributed by atoms with Gasteiger partial charge in [-0.3, -0.25) is 25.2 Å². The number of ether oxygens (including phenoxy) is 1. The molecule has 1 aliphatic carbocycles. The number of piperidine rings is 1. The molecule has 204 valence electrons. The molecule has 5 atom stereocenters. The van der Waals surface area contributed by atoms with Gasteiger partial charge in [-0.25, -0.2) is 0 Å². The van der Waals surface area contributed by atoms with Crippen molar-refractivity contribution < 1.29 is 19.1 Å². The predicted molar refractivity (Wildman–Crippen MR) is 144 cm³/mol. The molecule has 1 saturated carbocycles. The Morgan fingerprint density at radius 3 is 2.61 bits per heavy atom. The average Bonchev–Trinajstić information content (AvgIpc) is 3.57. The molecule has 1 aromatic carbocycles. The van der Waals surface area contributed by atoms with E-state index in [0.29, 0.717) is 51.1 Å². The Bertz CT molecular complexity index is 1140. The average molecular weight is 587 g/mol. The Labute approximate surface area is 231 Å². The highest BCUT2D eigenvalue weighted by Crippen LogP contribution is 2.51. The summed E-state index contributed by atoms with van der Waals surface area (Å²) in [4.78, 5) is 46.9. The van der Waals surface area contributed by atoms with Crippen molar-refractivity contribution in [3.63, 3.8) is 0 Å². The molecule has 38 heavy (non-hydrogen) atoms. The number of rotatable bonds is 3. The minimum Gasteiger partial charge on any atom is -0.377 e. The maximum Gasteiger partial charge on any atom is 0.243 e. The fourth-order valence-electron chi connectivity index (χ4n) is 8.15. The largest absolute Gasteiger partial charge is 0.377 e. The topological polar surface area (TPSA) is 94.2 Å². The van der Waals surface area contributed by atoms with E-state index in [9.17, 15) is 14.4 Å². The van der Waals surface area contributed by atoms with Gasteiger partial charge in [-0.05, 0) is 63.0 Å². The van der Waals surface area contributed by atoms with Crippen LogP contribution in [-0.4, -0.2) is 85.0 Å². The fraction of sp³-hybridized carbons (Fsp3) is 0.679. The van der Waals surface area contributed by atoms with Crippen LogP contribution in [0, 0.1) is 11.8 Å². The van der Waals surface area contributed by atoms with Crippen molar-refractivity contribution in [2.24, 2.45) is 11.8 Å². The lowest BCUT2D eigenvalue weighted by molar-refractivity contribution is -0.141. The van der Waals surface area contributed by atoms with E-state index in [1.54, 1.807) is 4.90 Å². The van der Waals surface area contributed by atoms with Crippen LogP contribution in [0.15, 0.2) is 22.7 Å². The number of hydrazine groups is 1. The van der Waals surface area contributed by atoms with Gasteiger partial charge in [0.25, 0.3) is 0 Å². The lowest BCUT2D eigenvalue weighted by Crippen LogP contribution is -2.55. The molecule has 0 radical (unpaired) electrons. The van der Waals surface area contributed by atoms with E-state index in [0.717, 1.165) is 54.4 Å². The molecule has 0 aromatic heterocycles. The molecule has 5 aliphatic heterocycles. The minimum atomic E-state index is -0.701. The van der Waals surface area contributed by atoms with Gasteiger partial charge >= 0.3 is 0 Å². The number of carbonyl (C=O) groups excluding carboxylic acids is 3. The summed E-state index contributed by atoms with van der Waals surface area (Å²) in [6.45, 7) is 3.30.